The zero-order valence-corrected chi connectivity index (χ0v) is 40.4. The van der Waals surface area contributed by atoms with Crippen LogP contribution in [-0.4, -0.2) is 76.2 Å². The minimum Gasteiger partial charge on any atom is -0.414 e. The fraction of sp³-hybridized carbons (Fsp3) is 0.949. The third-order valence-corrected chi connectivity index (χ3v) is 30.4. The molecule has 0 aromatic carbocycles. The maximum absolute atomic E-state index is 7.30. The lowest BCUT2D eigenvalue weighted by Gasteiger charge is -2.46. The molecule has 0 saturated carbocycles. The summed E-state index contributed by atoms with van der Waals surface area (Å²) < 4.78 is 41.3. The van der Waals surface area contributed by atoms with Crippen molar-refractivity contribution in [1.29, 1.82) is 0 Å². The van der Waals surface area contributed by atoms with Crippen molar-refractivity contribution < 1.29 is 27.2 Å². The highest BCUT2D eigenvalue weighted by Gasteiger charge is 2.46. The number of hydrogen-bond donors (Lipinski definition) is 0. The van der Waals surface area contributed by atoms with Crippen LogP contribution in [0.1, 0.15) is 123 Å². The van der Waals surface area contributed by atoms with Crippen molar-refractivity contribution in [2.75, 3.05) is 6.61 Å². The van der Waals surface area contributed by atoms with Gasteiger partial charge in [0.15, 0.2) is 39.1 Å². The molecule has 0 aliphatic carbocycles. The summed E-state index contributed by atoms with van der Waals surface area (Å²) in [5, 5.41) is 0.343. The molecular formula is C39H82O6Si4. The molecular weight excluding hydrogens is 677 g/mol. The molecule has 0 aromatic rings. The van der Waals surface area contributed by atoms with Crippen molar-refractivity contribution in [1.82, 2.24) is 0 Å². The van der Waals surface area contributed by atoms with Gasteiger partial charge in [-0.25, -0.2) is 0 Å². The van der Waals surface area contributed by atoms with Gasteiger partial charge in [0, 0.05) is 12.8 Å². The van der Waals surface area contributed by atoms with Gasteiger partial charge in [-0.2, -0.15) is 0 Å². The summed E-state index contributed by atoms with van der Waals surface area (Å²) in [5.74, 6) is 2.21. The van der Waals surface area contributed by atoms with Crippen molar-refractivity contribution >= 4 is 33.3 Å². The first-order valence-corrected chi connectivity index (χ1v) is 30.6. The van der Waals surface area contributed by atoms with E-state index in [1.54, 1.807) is 0 Å². The van der Waals surface area contributed by atoms with Crippen molar-refractivity contribution in [2.45, 2.75) is 231 Å². The van der Waals surface area contributed by atoms with Gasteiger partial charge in [-0.1, -0.05) is 89.0 Å². The first kappa shape index (κ1) is 47.2. The van der Waals surface area contributed by atoms with Gasteiger partial charge in [-0.05, 0) is 99.2 Å². The molecule has 1 aliphatic heterocycles. The fourth-order valence-electron chi connectivity index (χ4n) is 5.06. The van der Waals surface area contributed by atoms with E-state index in [-0.39, 0.29) is 50.7 Å². The Morgan fingerprint density at radius 2 is 0.980 bits per heavy atom. The number of terminal acetylenes is 1. The van der Waals surface area contributed by atoms with Crippen LogP contribution >= 0.6 is 0 Å². The minimum atomic E-state index is -2.14. The van der Waals surface area contributed by atoms with E-state index in [4.69, 9.17) is 33.6 Å². The number of hydrogen-bond acceptors (Lipinski definition) is 6. The summed E-state index contributed by atoms with van der Waals surface area (Å²) in [6.45, 7) is 50.7. The lowest BCUT2D eigenvalue weighted by molar-refractivity contribution is -0.304. The van der Waals surface area contributed by atoms with Crippen LogP contribution in [0.15, 0.2) is 0 Å². The number of rotatable bonds is 15. The Kier molecular flexibility index (Phi) is 15.7. The van der Waals surface area contributed by atoms with Crippen molar-refractivity contribution in [2.24, 2.45) is 0 Å². The lowest BCUT2D eigenvalue weighted by Crippen LogP contribution is -2.51. The predicted octanol–water partition coefficient (Wildman–Crippen LogP) is 11.9. The highest BCUT2D eigenvalue weighted by molar-refractivity contribution is 6.75. The summed E-state index contributed by atoms with van der Waals surface area (Å²) in [6.07, 6.45) is 8.46. The van der Waals surface area contributed by atoms with Gasteiger partial charge in [-0.3, -0.25) is 0 Å². The summed E-state index contributed by atoms with van der Waals surface area (Å²) >= 11 is 0. The Morgan fingerprint density at radius 3 is 1.37 bits per heavy atom. The summed E-state index contributed by atoms with van der Waals surface area (Å²) in [4.78, 5) is 0. The molecule has 10 heteroatoms. The Bertz CT molecular complexity index is 1080. The first-order valence-electron chi connectivity index (χ1n) is 18.9. The minimum absolute atomic E-state index is 0.0508. The molecule has 1 aliphatic rings. The van der Waals surface area contributed by atoms with E-state index < -0.39 is 39.1 Å². The topological polar surface area (TPSA) is 55.4 Å². The SMILES string of the molecule is C#C[C@H](C[C@H]1C[C@@H](C[C@H](C[C@H](CO[Si](C)(C)C(C)(C)C)O[Si](C)(C)C(C)(C)C)O[Si](C)(C)C(C)(C)C)OC(C)(C)O1)O[Si](C)(C)C(C)(C)C. The van der Waals surface area contributed by atoms with Gasteiger partial charge >= 0.3 is 0 Å². The molecule has 6 nitrogen and oxygen atoms in total. The second-order valence-electron chi connectivity index (χ2n) is 21.4. The summed E-state index contributed by atoms with van der Waals surface area (Å²) in [7, 11) is -8.29. The molecule has 1 heterocycles. The van der Waals surface area contributed by atoms with E-state index in [1.807, 2.05) is 13.8 Å². The second-order valence-corrected chi connectivity index (χ2v) is 40.5. The largest absolute Gasteiger partial charge is 0.414 e. The van der Waals surface area contributed by atoms with E-state index >= 15 is 0 Å². The van der Waals surface area contributed by atoms with Crippen LogP contribution in [0.5, 0.6) is 0 Å². The predicted molar refractivity (Wildman–Crippen MR) is 220 cm³/mol. The molecule has 0 radical (unpaired) electrons. The Hall–Kier alpha value is 0.188. The second kappa shape index (κ2) is 16.3. The van der Waals surface area contributed by atoms with Crippen LogP contribution in [0.2, 0.25) is 72.5 Å². The molecule has 0 amide bonds. The Labute approximate surface area is 309 Å². The van der Waals surface area contributed by atoms with Gasteiger partial charge in [0.2, 0.25) is 0 Å². The molecule has 0 N–H and O–H groups in total. The zero-order valence-electron chi connectivity index (χ0n) is 36.4. The van der Waals surface area contributed by atoms with Crippen LogP contribution in [0.4, 0.5) is 0 Å². The molecule has 0 unspecified atom stereocenters. The third kappa shape index (κ3) is 14.2. The van der Waals surface area contributed by atoms with Crippen LogP contribution in [-0.2, 0) is 27.2 Å². The van der Waals surface area contributed by atoms with Gasteiger partial charge in [0.05, 0.1) is 31.0 Å². The highest BCUT2D eigenvalue weighted by atomic mass is 28.4. The average molecular weight is 759 g/mol. The van der Waals surface area contributed by atoms with E-state index in [1.165, 1.54) is 0 Å². The normalized spacial score (nSPS) is 22.4. The highest BCUT2D eigenvalue weighted by Crippen LogP contribution is 2.43. The third-order valence-electron chi connectivity index (χ3n) is 12.4. The molecule has 5 atom stereocenters. The standard InChI is InChI=1S/C39H82O6Si4/c1-24-30(43-47(18,19)36(5,6)7)25-31-26-32(42-39(14,15)41-31)27-33(44-48(20,21)37(8,9)10)28-34(45-49(22,23)38(11,12)13)29-40-46(16,17)35(2,3)4/h1,30-34H,25-29H2,2-23H3/t30-,31+,32+,33-,34-/m1/s1. The van der Waals surface area contributed by atoms with Gasteiger partial charge in [0.25, 0.3) is 0 Å². The lowest BCUT2D eigenvalue weighted by atomic mass is 9.97. The maximum atomic E-state index is 7.30. The summed E-state index contributed by atoms with van der Waals surface area (Å²) in [6, 6.07) is 0. The molecule has 49 heavy (non-hydrogen) atoms. The van der Waals surface area contributed by atoms with Crippen molar-refractivity contribution in [3.05, 3.63) is 0 Å². The van der Waals surface area contributed by atoms with Gasteiger partial charge in [0.1, 0.15) is 6.10 Å². The van der Waals surface area contributed by atoms with Crippen molar-refractivity contribution in [3.8, 4) is 12.3 Å². The Morgan fingerprint density at radius 1 is 0.612 bits per heavy atom. The van der Waals surface area contributed by atoms with E-state index in [9.17, 15) is 0 Å². The molecule has 0 spiro atoms. The van der Waals surface area contributed by atoms with Crippen LogP contribution in [0, 0.1) is 12.3 Å². The number of ether oxygens (including phenoxy) is 2. The van der Waals surface area contributed by atoms with E-state index in [0.29, 0.717) is 13.0 Å². The molecule has 1 fully saturated rings. The first-order chi connectivity index (χ1) is 21.5. The molecule has 0 bridgehead atoms. The van der Waals surface area contributed by atoms with Crippen molar-refractivity contribution in [3.63, 3.8) is 0 Å². The maximum Gasteiger partial charge on any atom is 0.193 e. The average Bonchev–Trinajstić information content (AvgIpc) is 2.82. The molecule has 1 rings (SSSR count). The van der Waals surface area contributed by atoms with Crippen LogP contribution < -0.4 is 0 Å². The smallest absolute Gasteiger partial charge is 0.193 e. The molecule has 1 saturated heterocycles. The quantitative estimate of drug-likeness (QED) is 0.122. The summed E-state index contributed by atoms with van der Waals surface area (Å²) in [5.41, 5.74) is 0. The molecule has 290 valence electrons. The van der Waals surface area contributed by atoms with E-state index in [2.05, 4.69) is 141 Å². The monoisotopic (exact) mass is 759 g/mol. The fourth-order valence-corrected chi connectivity index (χ4v) is 10.1. The van der Waals surface area contributed by atoms with Gasteiger partial charge in [-0.15, -0.1) is 6.42 Å². The van der Waals surface area contributed by atoms with Crippen LogP contribution in [0.25, 0.3) is 0 Å². The molecule has 0 aromatic heterocycles. The van der Waals surface area contributed by atoms with Gasteiger partial charge < -0.3 is 27.2 Å². The van der Waals surface area contributed by atoms with E-state index in [0.717, 1.165) is 19.3 Å². The van der Waals surface area contributed by atoms with Crippen LogP contribution in [0.3, 0.4) is 0 Å². The zero-order chi connectivity index (χ0) is 38.9. The Balaban J connectivity index is 3.47.